The molecule has 0 fully saturated rings. The minimum Gasteiger partial charge on any atom is -0.478 e. The second-order valence-corrected chi connectivity index (χ2v) is 4.02. The van der Waals surface area contributed by atoms with Gasteiger partial charge in [-0.05, 0) is 19.6 Å². The van der Waals surface area contributed by atoms with Crippen molar-refractivity contribution in [3.05, 3.63) is 34.9 Å². The Labute approximate surface area is 108 Å². The van der Waals surface area contributed by atoms with Crippen LogP contribution in [-0.2, 0) is 4.74 Å². The smallest absolute Gasteiger partial charge is 0.280 e. The number of allylic oxidation sites excluding steroid dienone is 1. The summed E-state index contributed by atoms with van der Waals surface area (Å²) in [5, 5.41) is 10.2. The predicted octanol–water partition coefficient (Wildman–Crippen LogP) is 3.70. The average molecular weight is 254 g/mol. The Hall–Kier alpha value is -1.65. The van der Waals surface area contributed by atoms with Gasteiger partial charge in [0.1, 0.15) is 6.21 Å². The standard InChI is InChI=1S/C13H22N2O3/c1-4-5-6-7-8-9-10-18-13(3)14-11-12(2)15(16)17/h11H,2-10H2,1H3/b14-11-. The molecule has 0 spiro atoms. The Balaban J connectivity index is 3.54. The lowest BCUT2D eigenvalue weighted by Crippen LogP contribution is -1.99. The number of unbranched alkanes of at least 4 members (excludes halogenated alkanes) is 5. The second kappa shape index (κ2) is 10.5. The molecule has 0 aromatic heterocycles. The maximum absolute atomic E-state index is 10.2. The fraction of sp³-hybridized carbons (Fsp3) is 0.615. The monoisotopic (exact) mass is 254 g/mol. The Morgan fingerprint density at radius 1 is 1.28 bits per heavy atom. The highest BCUT2D eigenvalue weighted by Crippen LogP contribution is 2.06. The highest BCUT2D eigenvalue weighted by molar-refractivity contribution is 5.75. The van der Waals surface area contributed by atoms with Crippen LogP contribution < -0.4 is 0 Å². The Morgan fingerprint density at radius 2 is 1.89 bits per heavy atom. The first-order chi connectivity index (χ1) is 8.57. The third-order valence-corrected chi connectivity index (χ3v) is 2.36. The van der Waals surface area contributed by atoms with Gasteiger partial charge in [-0.15, -0.1) is 0 Å². The van der Waals surface area contributed by atoms with E-state index in [9.17, 15) is 10.1 Å². The molecule has 0 radical (unpaired) electrons. The van der Waals surface area contributed by atoms with E-state index in [-0.39, 0.29) is 11.6 Å². The summed E-state index contributed by atoms with van der Waals surface area (Å²) in [6.45, 7) is 9.50. The van der Waals surface area contributed by atoms with Crippen LogP contribution in [0.3, 0.4) is 0 Å². The summed E-state index contributed by atoms with van der Waals surface area (Å²) >= 11 is 0. The summed E-state index contributed by atoms with van der Waals surface area (Å²) in [4.78, 5) is 13.3. The van der Waals surface area contributed by atoms with Crippen molar-refractivity contribution in [3.63, 3.8) is 0 Å². The molecule has 5 heteroatoms. The van der Waals surface area contributed by atoms with Crippen molar-refractivity contribution in [1.82, 2.24) is 0 Å². The molecule has 0 heterocycles. The maximum Gasteiger partial charge on any atom is 0.280 e. The third kappa shape index (κ3) is 9.57. The lowest BCUT2D eigenvalue weighted by atomic mass is 10.1. The zero-order valence-corrected chi connectivity index (χ0v) is 11.1. The molecule has 5 nitrogen and oxygen atoms in total. The zero-order chi connectivity index (χ0) is 13.8. The normalized spacial score (nSPS) is 10.5. The van der Waals surface area contributed by atoms with Gasteiger partial charge in [0, 0.05) is 0 Å². The maximum atomic E-state index is 10.2. The molecule has 0 aromatic rings. The molecule has 0 saturated heterocycles. The molecule has 0 rings (SSSR count). The zero-order valence-electron chi connectivity index (χ0n) is 11.1. The number of hydrogen-bond acceptors (Lipinski definition) is 4. The van der Waals surface area contributed by atoms with Crippen LogP contribution in [0.2, 0.25) is 0 Å². The molecule has 0 aliphatic rings. The minimum atomic E-state index is -0.607. The molecule has 0 atom stereocenters. The lowest BCUT2D eigenvalue weighted by Gasteiger charge is -2.04. The summed E-state index contributed by atoms with van der Waals surface area (Å²) < 4.78 is 5.22. The largest absolute Gasteiger partial charge is 0.478 e. The molecule has 18 heavy (non-hydrogen) atoms. The van der Waals surface area contributed by atoms with E-state index >= 15 is 0 Å². The molecular formula is C13H22N2O3. The van der Waals surface area contributed by atoms with Gasteiger partial charge in [-0.3, -0.25) is 10.1 Å². The van der Waals surface area contributed by atoms with Crippen molar-refractivity contribution >= 4 is 6.21 Å². The number of aliphatic imine (C=N–C) groups is 1. The van der Waals surface area contributed by atoms with E-state index in [0.717, 1.165) is 19.1 Å². The van der Waals surface area contributed by atoms with Crippen molar-refractivity contribution in [1.29, 1.82) is 0 Å². The van der Waals surface area contributed by atoms with Gasteiger partial charge in [-0.2, -0.15) is 0 Å². The average Bonchev–Trinajstić information content (AvgIpc) is 2.34. The first-order valence-electron chi connectivity index (χ1n) is 6.27. The van der Waals surface area contributed by atoms with Crippen LogP contribution in [0.4, 0.5) is 0 Å². The molecule has 0 saturated carbocycles. The van der Waals surface area contributed by atoms with E-state index in [4.69, 9.17) is 4.74 Å². The van der Waals surface area contributed by atoms with Crippen molar-refractivity contribution in [2.24, 2.45) is 4.99 Å². The van der Waals surface area contributed by atoms with Crippen molar-refractivity contribution in [2.45, 2.75) is 45.4 Å². The highest BCUT2D eigenvalue weighted by atomic mass is 16.6. The first kappa shape index (κ1) is 16.4. The first-order valence-corrected chi connectivity index (χ1v) is 6.27. The van der Waals surface area contributed by atoms with Crippen molar-refractivity contribution in [2.75, 3.05) is 6.61 Å². The van der Waals surface area contributed by atoms with Gasteiger partial charge in [-0.25, -0.2) is 4.99 Å². The summed E-state index contributed by atoms with van der Waals surface area (Å²) in [7, 11) is 0. The molecule has 0 unspecified atom stereocenters. The Kier molecular flexibility index (Phi) is 9.54. The van der Waals surface area contributed by atoms with Crippen LogP contribution in [0.15, 0.2) is 29.7 Å². The van der Waals surface area contributed by atoms with Crippen LogP contribution in [0.5, 0.6) is 0 Å². The van der Waals surface area contributed by atoms with Gasteiger partial charge in [0.05, 0.1) is 11.5 Å². The predicted molar refractivity (Wildman–Crippen MR) is 73.1 cm³/mol. The molecule has 0 amide bonds. The van der Waals surface area contributed by atoms with Crippen LogP contribution in [-0.4, -0.2) is 17.7 Å². The van der Waals surface area contributed by atoms with Gasteiger partial charge in [0.15, 0.2) is 0 Å². The number of nitro groups is 1. The van der Waals surface area contributed by atoms with Crippen LogP contribution >= 0.6 is 0 Å². The molecular weight excluding hydrogens is 232 g/mol. The second-order valence-electron chi connectivity index (χ2n) is 4.02. The van der Waals surface area contributed by atoms with Gasteiger partial charge >= 0.3 is 0 Å². The summed E-state index contributed by atoms with van der Waals surface area (Å²) in [5.41, 5.74) is -0.278. The third-order valence-electron chi connectivity index (χ3n) is 2.36. The Morgan fingerprint density at radius 3 is 2.50 bits per heavy atom. The van der Waals surface area contributed by atoms with Crippen LogP contribution in [0.1, 0.15) is 45.4 Å². The van der Waals surface area contributed by atoms with E-state index < -0.39 is 4.92 Å². The SMILES string of the molecule is C=C(/N=C\C(=C)[N+](=O)[O-])OCCCCCCCC. The highest BCUT2D eigenvalue weighted by Gasteiger charge is 2.01. The Bertz CT molecular complexity index is 311. The lowest BCUT2D eigenvalue weighted by molar-refractivity contribution is -0.413. The van der Waals surface area contributed by atoms with E-state index in [1.54, 1.807) is 0 Å². The van der Waals surface area contributed by atoms with E-state index in [0.29, 0.717) is 6.61 Å². The quantitative estimate of drug-likeness (QED) is 0.186. The summed E-state index contributed by atoms with van der Waals surface area (Å²) in [6, 6.07) is 0. The molecule has 102 valence electrons. The molecule has 0 bridgehead atoms. The van der Waals surface area contributed by atoms with Gasteiger partial charge in [0.2, 0.25) is 5.88 Å². The summed E-state index contributed by atoms with van der Waals surface area (Å²) in [6.07, 6.45) is 8.11. The number of nitrogens with zero attached hydrogens (tertiary/aromatic N) is 2. The molecule has 0 aliphatic carbocycles. The minimum absolute atomic E-state index is 0.187. The number of rotatable bonds is 11. The van der Waals surface area contributed by atoms with E-state index in [1.807, 2.05) is 0 Å². The van der Waals surface area contributed by atoms with Gasteiger partial charge in [-0.1, -0.05) is 39.0 Å². The molecule has 0 aromatic carbocycles. The van der Waals surface area contributed by atoms with Crippen LogP contribution in [0.25, 0.3) is 0 Å². The van der Waals surface area contributed by atoms with Crippen molar-refractivity contribution in [3.8, 4) is 0 Å². The van der Waals surface area contributed by atoms with Gasteiger partial charge < -0.3 is 4.74 Å². The van der Waals surface area contributed by atoms with Crippen LogP contribution in [0, 0.1) is 10.1 Å². The molecule has 0 N–H and O–H groups in total. The van der Waals surface area contributed by atoms with Crippen molar-refractivity contribution < 1.29 is 9.66 Å². The molecule has 0 aliphatic heterocycles. The number of hydrogen-bond donors (Lipinski definition) is 0. The fourth-order valence-electron chi connectivity index (χ4n) is 1.30. The van der Waals surface area contributed by atoms with E-state index in [1.165, 1.54) is 25.7 Å². The fourth-order valence-corrected chi connectivity index (χ4v) is 1.30. The van der Waals surface area contributed by atoms with E-state index in [2.05, 4.69) is 25.1 Å². The summed E-state index contributed by atoms with van der Waals surface area (Å²) in [5.74, 6) is 0.187. The number of ether oxygens (including phenoxy) is 1. The topological polar surface area (TPSA) is 64.7 Å². The van der Waals surface area contributed by atoms with Gasteiger partial charge in [0.25, 0.3) is 5.70 Å².